The molecule has 4 fully saturated rings. The average molecular weight is 395 g/mol. The highest BCUT2D eigenvalue weighted by Gasteiger charge is 2.56. The first-order chi connectivity index (χ1) is 12.8. The van der Waals surface area contributed by atoms with Crippen LogP contribution in [-0.4, -0.2) is 82.0 Å². The van der Waals surface area contributed by atoms with Crippen LogP contribution in [-0.2, 0) is 19.2 Å². The second kappa shape index (κ2) is 6.23. The number of primary amides is 1. The zero-order valence-electron chi connectivity index (χ0n) is 14.8. The Kier molecular flexibility index (Phi) is 4.22. The molecular weight excluding hydrogens is 372 g/mol. The topological polar surface area (TPSA) is 130 Å². The van der Waals surface area contributed by atoms with Crippen molar-refractivity contribution < 1.29 is 28.8 Å². The largest absolute Gasteiger partial charge is 0.477 e. The number of amides is 3. The Morgan fingerprint density at radius 1 is 1.33 bits per heavy atom. The van der Waals surface area contributed by atoms with E-state index in [0.717, 1.165) is 49.0 Å². The van der Waals surface area contributed by atoms with Gasteiger partial charge < -0.3 is 20.6 Å². The fraction of sp³-hybridized carbons (Fsp3) is 0.647. The Morgan fingerprint density at radius 3 is 2.48 bits per heavy atom. The zero-order chi connectivity index (χ0) is 19.4. The number of thioether (sulfide) groups is 1. The maximum absolute atomic E-state index is 12.4. The number of hydrogen-bond acceptors (Lipinski definition) is 5. The van der Waals surface area contributed by atoms with Gasteiger partial charge >= 0.3 is 5.97 Å². The number of nitrogens with one attached hydrogen (secondary N) is 1. The molecule has 2 atom stereocenters. The first-order valence-corrected chi connectivity index (χ1v) is 10.1. The van der Waals surface area contributed by atoms with Gasteiger partial charge in [-0.2, -0.15) is 0 Å². The molecular formula is C17H23N4O5S+. The standard InChI is InChI=1S/C17H22N4O5S/c18-16(26)17-1-4-21(5-2-17,6-3-17)7-10-8-27-14-11(19-9-22)13(23)20(14)12(10)15(24)25/h9,11,14H,1-8H2,(H3-,18,19,22,24,25,26)/p+1/t11-,14+,17?,21?/m1/s1. The maximum atomic E-state index is 12.4. The molecule has 0 radical (unpaired) electrons. The van der Waals surface area contributed by atoms with E-state index in [0.29, 0.717) is 18.7 Å². The molecule has 2 bridgehead atoms. The maximum Gasteiger partial charge on any atom is 0.352 e. The Hall–Kier alpha value is -2.07. The second-order valence-electron chi connectivity index (χ2n) is 7.99. The molecule has 27 heavy (non-hydrogen) atoms. The molecule has 4 saturated heterocycles. The van der Waals surface area contributed by atoms with Crippen molar-refractivity contribution in [2.24, 2.45) is 11.1 Å². The normalized spacial score (nSPS) is 37.5. The second-order valence-corrected chi connectivity index (χ2v) is 9.10. The van der Waals surface area contributed by atoms with Crippen LogP contribution in [0.4, 0.5) is 0 Å². The van der Waals surface area contributed by atoms with E-state index in [1.54, 1.807) is 0 Å². The van der Waals surface area contributed by atoms with Crippen molar-refractivity contribution in [1.82, 2.24) is 10.2 Å². The van der Waals surface area contributed by atoms with Crippen LogP contribution in [0.15, 0.2) is 11.3 Å². The van der Waals surface area contributed by atoms with Crippen molar-refractivity contribution in [3.63, 3.8) is 0 Å². The minimum absolute atomic E-state index is 0.0671. The molecule has 3 amide bonds. The quantitative estimate of drug-likeness (QED) is 0.296. The number of aliphatic carboxylic acids is 1. The lowest BCUT2D eigenvalue weighted by Gasteiger charge is -2.55. The molecule has 0 saturated carbocycles. The third-order valence-corrected chi connectivity index (χ3v) is 8.08. The van der Waals surface area contributed by atoms with Gasteiger partial charge in [-0.3, -0.25) is 19.3 Å². The zero-order valence-corrected chi connectivity index (χ0v) is 15.7. The van der Waals surface area contributed by atoms with Crippen molar-refractivity contribution in [2.75, 3.05) is 31.9 Å². The summed E-state index contributed by atoms with van der Waals surface area (Å²) in [5, 5.41) is 11.9. The Labute approximate surface area is 160 Å². The van der Waals surface area contributed by atoms with E-state index in [4.69, 9.17) is 5.73 Å². The van der Waals surface area contributed by atoms with Gasteiger partial charge in [-0.05, 0) is 0 Å². The van der Waals surface area contributed by atoms with Crippen molar-refractivity contribution in [2.45, 2.75) is 30.7 Å². The number of nitrogens with zero attached hydrogens (tertiary/aromatic N) is 2. The molecule has 9 nitrogen and oxygen atoms in total. The molecule has 5 aliphatic rings. The summed E-state index contributed by atoms with van der Waals surface area (Å²) in [6.45, 7) is 2.98. The van der Waals surface area contributed by atoms with E-state index >= 15 is 0 Å². The number of carbonyl (C=O) groups excluding carboxylic acids is 3. The molecule has 0 aromatic heterocycles. The van der Waals surface area contributed by atoms with Crippen LogP contribution in [0, 0.1) is 5.41 Å². The van der Waals surface area contributed by atoms with E-state index in [9.17, 15) is 24.3 Å². The Morgan fingerprint density at radius 2 is 1.96 bits per heavy atom. The number of rotatable bonds is 6. The number of carbonyl (C=O) groups is 4. The van der Waals surface area contributed by atoms with Gasteiger partial charge in [0.1, 0.15) is 23.7 Å². The van der Waals surface area contributed by atoms with Crippen LogP contribution in [0.25, 0.3) is 0 Å². The van der Waals surface area contributed by atoms with E-state index in [1.807, 2.05) is 0 Å². The lowest BCUT2D eigenvalue weighted by molar-refractivity contribution is -0.940. The van der Waals surface area contributed by atoms with Gasteiger partial charge in [-0.1, -0.05) is 0 Å². The number of quaternary nitrogens is 1. The van der Waals surface area contributed by atoms with Crippen LogP contribution in [0.2, 0.25) is 0 Å². The highest BCUT2D eigenvalue weighted by Crippen LogP contribution is 2.46. The minimum atomic E-state index is -1.10. The summed E-state index contributed by atoms with van der Waals surface area (Å²) in [4.78, 5) is 48.1. The van der Waals surface area contributed by atoms with Crippen molar-refractivity contribution >= 4 is 36.0 Å². The molecule has 0 unspecified atom stereocenters. The molecule has 0 aliphatic carbocycles. The predicted molar refractivity (Wildman–Crippen MR) is 95.9 cm³/mol. The fourth-order valence-electron chi connectivity index (χ4n) is 4.97. The van der Waals surface area contributed by atoms with Gasteiger partial charge in [0, 0.05) is 30.6 Å². The molecule has 4 N–H and O–H groups in total. The number of carboxylic acid groups (broad SMARTS) is 1. The van der Waals surface area contributed by atoms with E-state index in [1.165, 1.54) is 16.7 Å². The molecule has 0 spiro atoms. The molecule has 0 aromatic carbocycles. The number of carboxylic acids is 1. The SMILES string of the molecule is NC(=O)C12CC[N+](CC3=C(C(=O)O)N4C(=O)[C@@H](NC=O)[C@@H]4SC3)(CC1)CC2. The highest BCUT2D eigenvalue weighted by atomic mass is 32.2. The Bertz CT molecular complexity index is 742. The number of fused-ring (bicyclic) bond motifs is 4. The summed E-state index contributed by atoms with van der Waals surface area (Å²) in [5.74, 6) is -1.18. The molecule has 5 heterocycles. The summed E-state index contributed by atoms with van der Waals surface area (Å²) < 4.78 is 0.754. The van der Waals surface area contributed by atoms with Crippen molar-refractivity contribution in [1.29, 1.82) is 0 Å². The minimum Gasteiger partial charge on any atom is -0.477 e. The van der Waals surface area contributed by atoms with Gasteiger partial charge in [0.2, 0.25) is 12.3 Å². The Balaban J connectivity index is 1.57. The number of β-lactam (4-membered cyclic amide) rings is 1. The van der Waals surface area contributed by atoms with E-state index in [2.05, 4.69) is 5.32 Å². The van der Waals surface area contributed by atoms with Crippen LogP contribution >= 0.6 is 11.8 Å². The van der Waals surface area contributed by atoms with Crippen molar-refractivity contribution in [3.05, 3.63) is 11.3 Å². The summed E-state index contributed by atoms with van der Waals surface area (Å²) in [6.07, 6.45) is 2.69. The number of hydrogen-bond donors (Lipinski definition) is 3. The predicted octanol–water partition coefficient (Wildman–Crippen LogP) is -1.16. The number of nitrogens with two attached hydrogens (primary N) is 1. The number of piperidine rings is 3. The van der Waals surface area contributed by atoms with E-state index < -0.39 is 17.4 Å². The van der Waals surface area contributed by atoms with Gasteiger partial charge in [0.25, 0.3) is 5.91 Å². The molecule has 5 rings (SSSR count). The third kappa shape index (κ3) is 2.65. The van der Waals surface area contributed by atoms with Crippen LogP contribution in [0.1, 0.15) is 19.3 Å². The lowest BCUT2D eigenvalue weighted by Crippen LogP contribution is -2.70. The summed E-state index contributed by atoms with van der Waals surface area (Å²) >= 11 is 1.49. The van der Waals surface area contributed by atoms with E-state index in [-0.39, 0.29) is 22.9 Å². The van der Waals surface area contributed by atoms with Gasteiger partial charge in [-0.25, -0.2) is 4.79 Å². The first kappa shape index (κ1) is 18.3. The van der Waals surface area contributed by atoms with Gasteiger partial charge in [-0.15, -0.1) is 11.8 Å². The van der Waals surface area contributed by atoms with Crippen molar-refractivity contribution in [3.8, 4) is 0 Å². The summed E-state index contributed by atoms with van der Waals surface area (Å²) in [6, 6.07) is -0.656. The van der Waals surface area contributed by atoms with Gasteiger partial charge in [0.05, 0.1) is 25.0 Å². The molecule has 0 aromatic rings. The summed E-state index contributed by atoms with van der Waals surface area (Å²) in [7, 11) is 0. The average Bonchev–Trinajstić information content (AvgIpc) is 2.66. The summed E-state index contributed by atoms with van der Waals surface area (Å²) in [5.41, 5.74) is 6.04. The third-order valence-electron chi connectivity index (χ3n) is 6.74. The fourth-order valence-corrected chi connectivity index (χ4v) is 6.32. The highest BCUT2D eigenvalue weighted by molar-refractivity contribution is 8.00. The molecule has 146 valence electrons. The first-order valence-electron chi connectivity index (χ1n) is 9.07. The molecule has 10 heteroatoms. The smallest absolute Gasteiger partial charge is 0.352 e. The van der Waals surface area contributed by atoms with Gasteiger partial charge in [0.15, 0.2) is 0 Å². The molecule has 5 aliphatic heterocycles. The monoisotopic (exact) mass is 395 g/mol. The van der Waals surface area contributed by atoms with Crippen LogP contribution in [0.3, 0.4) is 0 Å². The van der Waals surface area contributed by atoms with Crippen LogP contribution in [0.5, 0.6) is 0 Å². The lowest BCUT2D eigenvalue weighted by atomic mass is 9.70. The van der Waals surface area contributed by atoms with Crippen LogP contribution < -0.4 is 11.1 Å².